The van der Waals surface area contributed by atoms with Crippen LogP contribution in [-0.2, 0) is 14.8 Å². The topological polar surface area (TPSA) is 74.7 Å². The van der Waals surface area contributed by atoms with Crippen LogP contribution in [0.2, 0.25) is 5.02 Å². The second-order valence-electron chi connectivity index (χ2n) is 5.08. The van der Waals surface area contributed by atoms with E-state index >= 15 is 0 Å². The first-order valence-electron chi connectivity index (χ1n) is 6.80. The Hall–Kier alpha value is -2.05. The van der Waals surface area contributed by atoms with Crippen LogP contribution in [0.15, 0.2) is 47.4 Å². The number of hydrogen-bond donors (Lipinski definition) is 1. The summed E-state index contributed by atoms with van der Waals surface area (Å²) in [4.78, 5) is 11.2. The van der Waals surface area contributed by atoms with Gasteiger partial charge in [-0.05, 0) is 55.3 Å². The van der Waals surface area contributed by atoms with E-state index in [2.05, 4.69) is 0 Å². The molecule has 0 aliphatic carbocycles. The van der Waals surface area contributed by atoms with E-state index in [1.54, 1.807) is 19.1 Å². The van der Waals surface area contributed by atoms with Gasteiger partial charge in [-0.3, -0.25) is 9.10 Å². The average Bonchev–Trinajstić information content (AvgIpc) is 2.48. The lowest BCUT2D eigenvalue weighted by Gasteiger charge is -2.25. The third-order valence-corrected chi connectivity index (χ3v) is 5.55. The molecule has 0 saturated carbocycles. The van der Waals surface area contributed by atoms with Crippen molar-refractivity contribution >= 4 is 33.3 Å². The number of sulfonamides is 1. The second kappa shape index (κ2) is 6.60. The smallest absolute Gasteiger partial charge is 0.324 e. The number of carboxylic acid groups (broad SMARTS) is 1. The van der Waals surface area contributed by atoms with E-state index in [-0.39, 0.29) is 4.90 Å². The van der Waals surface area contributed by atoms with Gasteiger partial charge in [0.05, 0.1) is 10.6 Å². The van der Waals surface area contributed by atoms with Gasteiger partial charge >= 0.3 is 5.97 Å². The first kappa shape index (κ1) is 17.3. The molecule has 0 bridgehead atoms. The number of anilines is 1. The Morgan fingerprint density at radius 3 is 2.30 bits per heavy atom. The predicted molar refractivity (Wildman–Crippen MR) is 89.5 cm³/mol. The van der Waals surface area contributed by atoms with Crippen molar-refractivity contribution in [1.29, 1.82) is 0 Å². The summed E-state index contributed by atoms with van der Waals surface area (Å²) in [6, 6.07) is 10.8. The Morgan fingerprint density at radius 1 is 1.13 bits per heavy atom. The van der Waals surface area contributed by atoms with Gasteiger partial charge in [-0.25, -0.2) is 8.42 Å². The summed E-state index contributed by atoms with van der Waals surface area (Å²) >= 11 is 5.79. The minimum atomic E-state index is -4.01. The van der Waals surface area contributed by atoms with Gasteiger partial charge in [0.15, 0.2) is 0 Å². The lowest BCUT2D eigenvalue weighted by molar-refractivity contribution is -0.135. The lowest BCUT2D eigenvalue weighted by atomic mass is 10.1. The minimum Gasteiger partial charge on any atom is -0.480 e. The number of halogens is 1. The molecule has 23 heavy (non-hydrogen) atoms. The number of hydrogen-bond acceptors (Lipinski definition) is 3. The molecule has 0 spiro atoms. The van der Waals surface area contributed by atoms with E-state index in [0.717, 1.165) is 9.87 Å². The van der Waals surface area contributed by atoms with E-state index in [9.17, 15) is 13.2 Å². The molecule has 0 fully saturated rings. The predicted octanol–water partition coefficient (Wildman–Crippen LogP) is 3.24. The van der Waals surface area contributed by atoms with Gasteiger partial charge in [0.1, 0.15) is 6.54 Å². The number of aryl methyl sites for hydroxylation is 1. The fourth-order valence-corrected chi connectivity index (χ4v) is 3.76. The summed E-state index contributed by atoms with van der Waals surface area (Å²) in [6.45, 7) is 2.94. The molecular formula is C16H16ClNO4S. The molecule has 2 aromatic carbocycles. The van der Waals surface area contributed by atoms with E-state index in [0.29, 0.717) is 16.3 Å². The molecule has 0 unspecified atom stereocenters. The SMILES string of the molecule is Cc1cccc(N(CC(=O)O)S(=O)(=O)c2ccc(Cl)cc2)c1C. The first-order valence-corrected chi connectivity index (χ1v) is 8.61. The zero-order chi connectivity index (χ0) is 17.2. The molecule has 2 rings (SSSR count). The third-order valence-electron chi connectivity index (χ3n) is 3.53. The molecule has 122 valence electrons. The fraction of sp³-hybridized carbons (Fsp3) is 0.188. The van der Waals surface area contributed by atoms with Gasteiger partial charge in [0.25, 0.3) is 10.0 Å². The number of rotatable bonds is 5. The van der Waals surface area contributed by atoms with Crippen LogP contribution in [0.5, 0.6) is 0 Å². The monoisotopic (exact) mass is 353 g/mol. The van der Waals surface area contributed by atoms with Crippen LogP contribution in [0.3, 0.4) is 0 Å². The standard InChI is InChI=1S/C16H16ClNO4S/c1-11-4-3-5-15(12(11)2)18(10-16(19)20)23(21,22)14-8-6-13(17)7-9-14/h3-9H,10H2,1-2H3,(H,19,20). The van der Waals surface area contributed by atoms with Crippen molar-refractivity contribution in [2.75, 3.05) is 10.8 Å². The minimum absolute atomic E-state index is 0.0101. The van der Waals surface area contributed by atoms with Gasteiger partial charge in [-0.2, -0.15) is 0 Å². The summed E-state index contributed by atoms with van der Waals surface area (Å²) in [5.74, 6) is -1.23. The van der Waals surface area contributed by atoms with Crippen molar-refractivity contribution in [3.63, 3.8) is 0 Å². The molecule has 5 nitrogen and oxygen atoms in total. The molecule has 0 radical (unpaired) electrons. The molecule has 1 N–H and O–H groups in total. The zero-order valence-electron chi connectivity index (χ0n) is 12.7. The van der Waals surface area contributed by atoms with E-state index in [1.807, 2.05) is 13.0 Å². The van der Waals surface area contributed by atoms with Crippen LogP contribution < -0.4 is 4.31 Å². The quantitative estimate of drug-likeness (QED) is 0.895. The van der Waals surface area contributed by atoms with Crippen LogP contribution >= 0.6 is 11.6 Å². The summed E-state index contributed by atoms with van der Waals surface area (Å²) in [6.07, 6.45) is 0. The van der Waals surface area contributed by atoms with Crippen LogP contribution in [0.25, 0.3) is 0 Å². The average molecular weight is 354 g/mol. The Morgan fingerprint density at radius 2 is 1.74 bits per heavy atom. The van der Waals surface area contributed by atoms with Gasteiger partial charge in [0.2, 0.25) is 0 Å². The summed E-state index contributed by atoms with van der Waals surface area (Å²) in [7, 11) is -4.01. The molecule has 0 heterocycles. The molecule has 7 heteroatoms. The Balaban J connectivity index is 2.60. The second-order valence-corrected chi connectivity index (χ2v) is 7.38. The van der Waals surface area contributed by atoms with Crippen molar-refractivity contribution in [3.05, 3.63) is 58.6 Å². The van der Waals surface area contributed by atoms with Gasteiger partial charge in [0, 0.05) is 5.02 Å². The maximum Gasteiger partial charge on any atom is 0.324 e. The highest BCUT2D eigenvalue weighted by Gasteiger charge is 2.28. The van der Waals surface area contributed by atoms with Crippen molar-refractivity contribution in [3.8, 4) is 0 Å². The van der Waals surface area contributed by atoms with Crippen molar-refractivity contribution in [2.24, 2.45) is 0 Å². The van der Waals surface area contributed by atoms with Gasteiger partial charge in [-0.15, -0.1) is 0 Å². The summed E-state index contributed by atoms with van der Waals surface area (Å²) < 4.78 is 26.6. The van der Waals surface area contributed by atoms with E-state index < -0.39 is 22.5 Å². The zero-order valence-corrected chi connectivity index (χ0v) is 14.2. The molecular weight excluding hydrogens is 338 g/mol. The highest BCUT2D eigenvalue weighted by atomic mass is 35.5. The van der Waals surface area contributed by atoms with Crippen LogP contribution in [-0.4, -0.2) is 26.0 Å². The highest BCUT2D eigenvalue weighted by molar-refractivity contribution is 7.92. The Bertz CT molecular complexity index is 832. The third kappa shape index (κ3) is 3.65. The van der Waals surface area contributed by atoms with E-state index in [1.165, 1.54) is 24.3 Å². The summed E-state index contributed by atoms with van der Waals surface area (Å²) in [5.41, 5.74) is 1.94. The highest BCUT2D eigenvalue weighted by Crippen LogP contribution is 2.28. The number of nitrogens with zero attached hydrogens (tertiary/aromatic N) is 1. The van der Waals surface area contributed by atoms with Crippen molar-refractivity contribution < 1.29 is 18.3 Å². The number of aliphatic carboxylic acids is 1. The van der Waals surface area contributed by atoms with E-state index in [4.69, 9.17) is 16.7 Å². The number of carboxylic acids is 1. The van der Waals surface area contributed by atoms with Crippen LogP contribution in [0, 0.1) is 13.8 Å². The summed E-state index contributed by atoms with van der Waals surface area (Å²) in [5, 5.41) is 9.54. The largest absolute Gasteiger partial charge is 0.480 e. The number of benzene rings is 2. The number of carbonyl (C=O) groups is 1. The molecule has 2 aromatic rings. The fourth-order valence-electron chi connectivity index (χ4n) is 2.16. The molecule has 0 aliphatic heterocycles. The van der Waals surface area contributed by atoms with Gasteiger partial charge < -0.3 is 5.11 Å². The first-order chi connectivity index (χ1) is 10.7. The lowest BCUT2D eigenvalue weighted by Crippen LogP contribution is -2.36. The van der Waals surface area contributed by atoms with Crippen LogP contribution in [0.1, 0.15) is 11.1 Å². The van der Waals surface area contributed by atoms with Crippen LogP contribution in [0.4, 0.5) is 5.69 Å². The van der Waals surface area contributed by atoms with Crippen molar-refractivity contribution in [2.45, 2.75) is 18.7 Å². The molecule has 0 amide bonds. The molecule has 0 aliphatic rings. The molecule has 0 aromatic heterocycles. The maximum atomic E-state index is 12.9. The van der Waals surface area contributed by atoms with Crippen molar-refractivity contribution in [1.82, 2.24) is 0 Å². The molecule has 0 atom stereocenters. The Labute approximate surface area is 140 Å². The van der Waals surface area contributed by atoms with Gasteiger partial charge in [-0.1, -0.05) is 23.7 Å². The molecule has 0 saturated heterocycles. The normalized spacial score (nSPS) is 11.3. The Kier molecular flexibility index (Phi) is 4.97. The maximum absolute atomic E-state index is 12.9.